The molecular formula is C12H19N5O3. The Morgan fingerprint density at radius 1 is 1.25 bits per heavy atom. The van der Waals surface area contributed by atoms with Crippen molar-refractivity contribution in [2.24, 2.45) is 12.8 Å². The number of aromatic nitrogens is 4. The van der Waals surface area contributed by atoms with Crippen LogP contribution in [0.3, 0.4) is 0 Å². The van der Waals surface area contributed by atoms with Gasteiger partial charge in [0.05, 0.1) is 13.2 Å². The zero-order chi connectivity index (χ0) is 14.9. The van der Waals surface area contributed by atoms with E-state index >= 15 is 0 Å². The Bertz CT molecular complexity index is 740. The van der Waals surface area contributed by atoms with Gasteiger partial charge in [0, 0.05) is 27.2 Å². The third kappa shape index (κ3) is 2.16. The molecule has 0 aliphatic rings. The first kappa shape index (κ1) is 14.5. The van der Waals surface area contributed by atoms with E-state index in [-0.39, 0.29) is 18.6 Å². The number of fused-ring (bicyclic) bond motifs is 1. The molecular weight excluding hydrogens is 262 g/mol. The normalized spacial score (nSPS) is 11.4. The van der Waals surface area contributed by atoms with Gasteiger partial charge in [0.2, 0.25) is 0 Å². The summed E-state index contributed by atoms with van der Waals surface area (Å²) in [5, 5.41) is 0. The highest BCUT2D eigenvalue weighted by Crippen LogP contribution is 2.08. The van der Waals surface area contributed by atoms with Crippen LogP contribution in [0.25, 0.3) is 11.2 Å². The summed E-state index contributed by atoms with van der Waals surface area (Å²) in [6.45, 7) is 2.91. The smallest absolute Gasteiger partial charge is 0.332 e. The van der Waals surface area contributed by atoms with Crippen LogP contribution in [0.1, 0.15) is 5.82 Å². The number of methoxy groups -OCH3 is 1. The van der Waals surface area contributed by atoms with Gasteiger partial charge in [0.1, 0.15) is 5.82 Å². The standard InChI is InChI=1S/C12H19N5O3/c1-8-14-10-9(15(8)2)11(18)17(5-4-13)12(19)16(10)6-7-20-3/h4-7,13H2,1-3H3. The summed E-state index contributed by atoms with van der Waals surface area (Å²) in [4.78, 5) is 29.1. The van der Waals surface area contributed by atoms with Crippen molar-refractivity contribution in [3.63, 3.8) is 0 Å². The molecule has 2 aromatic rings. The largest absolute Gasteiger partial charge is 0.383 e. The fourth-order valence-electron chi connectivity index (χ4n) is 2.18. The minimum absolute atomic E-state index is 0.185. The van der Waals surface area contributed by atoms with Crippen molar-refractivity contribution in [3.8, 4) is 0 Å². The molecule has 0 unspecified atom stereocenters. The van der Waals surface area contributed by atoms with Crippen molar-refractivity contribution in [1.29, 1.82) is 0 Å². The Kier molecular flexibility index (Phi) is 4.05. The highest BCUT2D eigenvalue weighted by Gasteiger charge is 2.17. The summed E-state index contributed by atoms with van der Waals surface area (Å²) in [5.41, 5.74) is 5.53. The van der Waals surface area contributed by atoms with E-state index in [0.29, 0.717) is 30.1 Å². The Morgan fingerprint density at radius 2 is 1.95 bits per heavy atom. The van der Waals surface area contributed by atoms with Crippen molar-refractivity contribution >= 4 is 11.2 Å². The second kappa shape index (κ2) is 5.59. The number of hydrogen-bond acceptors (Lipinski definition) is 5. The van der Waals surface area contributed by atoms with Crippen molar-refractivity contribution in [3.05, 3.63) is 26.7 Å². The Labute approximate surface area is 115 Å². The molecule has 20 heavy (non-hydrogen) atoms. The van der Waals surface area contributed by atoms with Crippen molar-refractivity contribution in [1.82, 2.24) is 18.7 Å². The predicted octanol–water partition coefficient (Wildman–Crippen LogP) is -1.19. The van der Waals surface area contributed by atoms with Crippen LogP contribution in [-0.4, -0.2) is 38.9 Å². The van der Waals surface area contributed by atoms with E-state index in [4.69, 9.17) is 10.5 Å². The highest BCUT2D eigenvalue weighted by atomic mass is 16.5. The molecule has 110 valence electrons. The quantitative estimate of drug-likeness (QED) is 0.743. The maximum Gasteiger partial charge on any atom is 0.332 e. The maximum atomic E-state index is 12.4. The fraction of sp³-hybridized carbons (Fsp3) is 0.583. The minimum atomic E-state index is -0.400. The third-order valence-corrected chi connectivity index (χ3v) is 3.34. The number of rotatable bonds is 5. The first-order valence-corrected chi connectivity index (χ1v) is 6.38. The molecule has 2 N–H and O–H groups in total. The number of imidazole rings is 1. The van der Waals surface area contributed by atoms with Crippen LogP contribution in [0.15, 0.2) is 9.59 Å². The Hall–Kier alpha value is -1.93. The molecule has 8 nitrogen and oxygen atoms in total. The first-order valence-electron chi connectivity index (χ1n) is 6.38. The van der Waals surface area contributed by atoms with Gasteiger partial charge in [-0.3, -0.25) is 13.9 Å². The van der Waals surface area contributed by atoms with Crippen molar-refractivity contribution in [2.75, 3.05) is 20.3 Å². The van der Waals surface area contributed by atoms with Gasteiger partial charge in [0.15, 0.2) is 11.2 Å². The Morgan fingerprint density at radius 3 is 2.55 bits per heavy atom. The number of aryl methyl sites for hydroxylation is 2. The highest BCUT2D eigenvalue weighted by molar-refractivity contribution is 5.70. The van der Waals surface area contributed by atoms with Gasteiger partial charge in [0.25, 0.3) is 5.56 Å². The van der Waals surface area contributed by atoms with Crippen LogP contribution in [0.4, 0.5) is 0 Å². The van der Waals surface area contributed by atoms with Gasteiger partial charge < -0.3 is 15.0 Å². The topological polar surface area (TPSA) is 97.1 Å². The number of nitrogens with two attached hydrogens (primary N) is 1. The summed E-state index contributed by atoms with van der Waals surface area (Å²) < 4.78 is 9.31. The second-order valence-corrected chi connectivity index (χ2v) is 4.56. The summed E-state index contributed by atoms with van der Waals surface area (Å²) in [5.74, 6) is 0.674. The maximum absolute atomic E-state index is 12.4. The zero-order valence-electron chi connectivity index (χ0n) is 11.9. The van der Waals surface area contributed by atoms with Gasteiger partial charge in [-0.15, -0.1) is 0 Å². The van der Waals surface area contributed by atoms with E-state index in [1.54, 1.807) is 25.6 Å². The minimum Gasteiger partial charge on any atom is -0.383 e. The first-order chi connectivity index (χ1) is 9.52. The average molecular weight is 281 g/mol. The van der Waals surface area contributed by atoms with Crippen LogP contribution in [0.5, 0.6) is 0 Å². The summed E-state index contributed by atoms with van der Waals surface area (Å²) >= 11 is 0. The molecule has 0 aliphatic carbocycles. The van der Waals surface area contributed by atoms with Gasteiger partial charge >= 0.3 is 5.69 Å². The molecule has 2 heterocycles. The third-order valence-electron chi connectivity index (χ3n) is 3.34. The molecule has 2 aromatic heterocycles. The van der Waals surface area contributed by atoms with Crippen LogP contribution >= 0.6 is 0 Å². The molecule has 0 spiro atoms. The average Bonchev–Trinajstić information content (AvgIpc) is 2.71. The summed E-state index contributed by atoms with van der Waals surface area (Å²) in [6.07, 6.45) is 0. The lowest BCUT2D eigenvalue weighted by atomic mass is 10.4. The molecule has 0 saturated carbocycles. The van der Waals surface area contributed by atoms with E-state index in [1.807, 2.05) is 0 Å². The van der Waals surface area contributed by atoms with E-state index < -0.39 is 5.69 Å². The molecule has 0 radical (unpaired) electrons. The summed E-state index contributed by atoms with van der Waals surface area (Å²) in [6, 6.07) is 0. The molecule has 2 rings (SSSR count). The molecule has 0 aliphatic heterocycles. The Balaban J connectivity index is 2.84. The monoisotopic (exact) mass is 281 g/mol. The van der Waals surface area contributed by atoms with E-state index in [1.165, 1.54) is 4.57 Å². The SMILES string of the molecule is COCCn1c(=O)n(CCN)c(=O)c2c1nc(C)n2C. The second-order valence-electron chi connectivity index (χ2n) is 4.56. The van der Waals surface area contributed by atoms with Crippen LogP contribution in [0.2, 0.25) is 0 Å². The molecule has 0 aromatic carbocycles. The molecule has 0 saturated heterocycles. The lowest BCUT2D eigenvalue weighted by Crippen LogP contribution is -2.42. The van der Waals surface area contributed by atoms with Crippen molar-refractivity contribution < 1.29 is 4.74 Å². The number of hydrogen-bond donors (Lipinski definition) is 1. The molecule has 0 fully saturated rings. The van der Waals surface area contributed by atoms with Gasteiger partial charge in [-0.2, -0.15) is 0 Å². The molecule has 8 heteroatoms. The van der Waals surface area contributed by atoms with Gasteiger partial charge in [-0.1, -0.05) is 0 Å². The van der Waals surface area contributed by atoms with E-state index in [0.717, 1.165) is 4.57 Å². The van der Waals surface area contributed by atoms with Crippen LogP contribution in [0, 0.1) is 6.92 Å². The summed E-state index contributed by atoms with van der Waals surface area (Å²) in [7, 11) is 3.31. The van der Waals surface area contributed by atoms with Crippen molar-refractivity contribution in [2.45, 2.75) is 20.0 Å². The lowest BCUT2D eigenvalue weighted by molar-refractivity contribution is 0.186. The molecule has 0 amide bonds. The number of ether oxygens (including phenoxy) is 1. The molecule has 0 atom stereocenters. The molecule has 0 bridgehead atoms. The predicted molar refractivity (Wildman–Crippen MR) is 74.9 cm³/mol. The number of nitrogens with zero attached hydrogens (tertiary/aromatic N) is 4. The lowest BCUT2D eigenvalue weighted by Gasteiger charge is -2.10. The van der Waals surface area contributed by atoms with Crippen LogP contribution in [-0.2, 0) is 24.9 Å². The van der Waals surface area contributed by atoms with Gasteiger partial charge in [-0.05, 0) is 6.92 Å². The van der Waals surface area contributed by atoms with Crippen LogP contribution < -0.4 is 17.0 Å². The zero-order valence-corrected chi connectivity index (χ0v) is 11.9. The van der Waals surface area contributed by atoms with Gasteiger partial charge in [-0.25, -0.2) is 9.78 Å². The van der Waals surface area contributed by atoms with E-state index in [9.17, 15) is 9.59 Å². The fourth-order valence-corrected chi connectivity index (χ4v) is 2.18. The van der Waals surface area contributed by atoms with E-state index in [2.05, 4.69) is 4.98 Å².